The zero-order chi connectivity index (χ0) is 14.2. The first-order valence-corrected chi connectivity index (χ1v) is 5.74. The summed E-state index contributed by atoms with van der Waals surface area (Å²) in [6.07, 6.45) is 0.885. The lowest BCUT2D eigenvalue weighted by Crippen LogP contribution is -2.37. The summed E-state index contributed by atoms with van der Waals surface area (Å²) >= 11 is 4.20. The van der Waals surface area contributed by atoms with E-state index >= 15 is 0 Å². The van der Waals surface area contributed by atoms with Crippen molar-refractivity contribution < 1.29 is 9.90 Å². The second-order valence-corrected chi connectivity index (χ2v) is 4.43. The predicted molar refractivity (Wildman–Crippen MR) is 71.6 cm³/mol. The molecule has 1 heterocycles. The molecule has 0 unspecified atom stereocenters. The van der Waals surface area contributed by atoms with Crippen molar-refractivity contribution in [1.29, 1.82) is 0 Å². The monoisotopic (exact) mass is 278 g/mol. The molecule has 0 atom stereocenters. The number of carboxylic acids is 1. The average Bonchev–Trinajstić information content (AvgIpc) is 2.31. The number of aromatic nitrogens is 2. The highest BCUT2D eigenvalue weighted by molar-refractivity contribution is 7.80. The number of aromatic carboxylic acids is 1. The third kappa shape index (κ3) is 2.32. The molecule has 0 fully saturated rings. The van der Waals surface area contributed by atoms with Crippen LogP contribution in [0.1, 0.15) is 15.9 Å². The summed E-state index contributed by atoms with van der Waals surface area (Å²) in [4.78, 5) is 37.3. The Morgan fingerprint density at radius 1 is 1.37 bits per heavy atom. The summed E-state index contributed by atoms with van der Waals surface area (Å²) in [5.41, 5.74) is -0.964. The number of thiol groups is 1. The number of carboxylic acid groups (broad SMARTS) is 1. The van der Waals surface area contributed by atoms with Gasteiger partial charge in [0.05, 0.1) is 5.69 Å². The maximum absolute atomic E-state index is 12.0. The van der Waals surface area contributed by atoms with Gasteiger partial charge in [0.15, 0.2) is 0 Å². The van der Waals surface area contributed by atoms with Crippen molar-refractivity contribution in [2.45, 2.75) is 11.8 Å². The number of nitrogens with zero attached hydrogens (tertiary/aromatic N) is 1. The van der Waals surface area contributed by atoms with Gasteiger partial charge in [-0.1, -0.05) is 6.07 Å². The minimum Gasteiger partial charge on any atom is -0.477 e. The van der Waals surface area contributed by atoms with Gasteiger partial charge < -0.3 is 10.1 Å². The van der Waals surface area contributed by atoms with Crippen LogP contribution in [0.25, 0.3) is 5.69 Å². The smallest absolute Gasteiger partial charge is 0.342 e. The van der Waals surface area contributed by atoms with Crippen molar-refractivity contribution in [1.82, 2.24) is 9.55 Å². The zero-order valence-electron chi connectivity index (χ0n) is 9.88. The van der Waals surface area contributed by atoms with Gasteiger partial charge in [-0.25, -0.2) is 14.2 Å². The van der Waals surface area contributed by atoms with Gasteiger partial charge in [-0.3, -0.25) is 4.79 Å². The first-order valence-electron chi connectivity index (χ1n) is 5.30. The Hall–Kier alpha value is -2.28. The molecule has 0 amide bonds. The average molecular weight is 278 g/mol. The molecular weight excluding hydrogens is 268 g/mol. The molecule has 2 N–H and O–H groups in total. The van der Waals surface area contributed by atoms with E-state index < -0.39 is 22.8 Å². The highest BCUT2D eigenvalue weighted by Crippen LogP contribution is 2.17. The standard InChI is InChI=1S/C12H10N2O4S/c1-6-2-3-8(9(19)4-6)14-10(15)7(11(16)17)5-13-12(14)18/h2-5,19H,1H3,(H,13,18)(H,16,17). The van der Waals surface area contributed by atoms with Crippen molar-refractivity contribution in [3.05, 3.63) is 56.4 Å². The minimum absolute atomic E-state index is 0.239. The van der Waals surface area contributed by atoms with Gasteiger partial charge in [0, 0.05) is 11.1 Å². The Morgan fingerprint density at radius 3 is 2.63 bits per heavy atom. The highest BCUT2D eigenvalue weighted by atomic mass is 32.1. The first kappa shape index (κ1) is 13.2. The van der Waals surface area contributed by atoms with E-state index in [4.69, 9.17) is 5.11 Å². The largest absolute Gasteiger partial charge is 0.477 e. The molecule has 0 bridgehead atoms. The van der Waals surface area contributed by atoms with Crippen molar-refractivity contribution in [3.63, 3.8) is 0 Å². The van der Waals surface area contributed by atoms with E-state index in [0.29, 0.717) is 4.90 Å². The molecule has 1 aromatic heterocycles. The van der Waals surface area contributed by atoms with Gasteiger partial charge in [-0.05, 0) is 24.6 Å². The van der Waals surface area contributed by atoms with Crippen LogP contribution in [0, 0.1) is 6.92 Å². The summed E-state index contributed by atoms with van der Waals surface area (Å²) in [5, 5.41) is 8.89. The number of nitrogens with one attached hydrogen (secondary N) is 1. The van der Waals surface area contributed by atoms with Crippen molar-refractivity contribution in [3.8, 4) is 5.69 Å². The third-order valence-electron chi connectivity index (χ3n) is 2.58. The normalized spacial score (nSPS) is 10.4. The number of aromatic amines is 1. The van der Waals surface area contributed by atoms with Crippen LogP contribution in [0.2, 0.25) is 0 Å². The van der Waals surface area contributed by atoms with Gasteiger partial charge in [0.1, 0.15) is 5.56 Å². The van der Waals surface area contributed by atoms with E-state index in [1.807, 2.05) is 6.92 Å². The molecule has 0 radical (unpaired) electrons. The fourth-order valence-corrected chi connectivity index (χ4v) is 2.05. The van der Waals surface area contributed by atoms with Crippen LogP contribution in [0.15, 0.2) is 38.9 Å². The zero-order valence-corrected chi connectivity index (χ0v) is 10.8. The van der Waals surface area contributed by atoms with E-state index in [2.05, 4.69) is 17.6 Å². The van der Waals surface area contributed by atoms with E-state index in [9.17, 15) is 14.4 Å². The van der Waals surface area contributed by atoms with E-state index in [-0.39, 0.29) is 5.69 Å². The van der Waals surface area contributed by atoms with Crippen LogP contribution in [-0.2, 0) is 0 Å². The lowest BCUT2D eigenvalue weighted by atomic mass is 10.2. The molecule has 7 heteroatoms. The van der Waals surface area contributed by atoms with Crippen molar-refractivity contribution in [2.75, 3.05) is 0 Å². The van der Waals surface area contributed by atoms with Gasteiger partial charge >= 0.3 is 11.7 Å². The van der Waals surface area contributed by atoms with Crippen LogP contribution in [0.4, 0.5) is 0 Å². The molecule has 0 aliphatic rings. The first-order chi connectivity index (χ1) is 8.91. The summed E-state index contributed by atoms with van der Waals surface area (Å²) < 4.78 is 0.755. The molecule has 6 nitrogen and oxygen atoms in total. The lowest BCUT2D eigenvalue weighted by molar-refractivity contribution is 0.0694. The number of aryl methyl sites for hydroxylation is 1. The van der Waals surface area contributed by atoms with Crippen LogP contribution >= 0.6 is 12.6 Å². The van der Waals surface area contributed by atoms with Gasteiger partial charge in [0.2, 0.25) is 0 Å². The van der Waals surface area contributed by atoms with Gasteiger partial charge in [-0.2, -0.15) is 0 Å². The summed E-state index contributed by atoms with van der Waals surface area (Å²) in [6, 6.07) is 4.92. The second kappa shape index (κ2) is 4.77. The fourth-order valence-electron chi connectivity index (χ4n) is 1.67. The Kier molecular flexibility index (Phi) is 3.30. The molecule has 19 heavy (non-hydrogen) atoms. The van der Waals surface area contributed by atoms with E-state index in [1.165, 1.54) is 0 Å². The molecule has 0 spiro atoms. The minimum atomic E-state index is -1.40. The Balaban J connectivity index is 2.82. The molecule has 2 rings (SSSR count). The molecule has 2 aromatic rings. The maximum Gasteiger partial charge on any atom is 0.342 e. The quantitative estimate of drug-likeness (QED) is 0.709. The third-order valence-corrected chi connectivity index (χ3v) is 2.94. The number of hydrogen-bond acceptors (Lipinski definition) is 4. The SMILES string of the molecule is Cc1ccc(-n2c(=O)[nH]cc(C(=O)O)c2=O)c(S)c1. The molecule has 0 aliphatic heterocycles. The number of hydrogen-bond donors (Lipinski definition) is 3. The molecule has 98 valence electrons. The lowest BCUT2D eigenvalue weighted by Gasteiger charge is -2.08. The summed E-state index contributed by atoms with van der Waals surface area (Å²) in [5.74, 6) is -1.40. The van der Waals surface area contributed by atoms with Gasteiger partial charge in [0.25, 0.3) is 5.56 Å². The number of H-pyrrole nitrogens is 1. The summed E-state index contributed by atoms with van der Waals surface area (Å²) in [7, 11) is 0. The topological polar surface area (TPSA) is 92.2 Å². The van der Waals surface area contributed by atoms with Crippen molar-refractivity contribution >= 4 is 18.6 Å². The fraction of sp³-hybridized carbons (Fsp3) is 0.0833. The Morgan fingerprint density at radius 2 is 2.05 bits per heavy atom. The molecule has 0 saturated carbocycles. The maximum atomic E-state index is 12.0. The predicted octanol–water partition coefficient (Wildman–Crippen LogP) is 0.821. The number of rotatable bonds is 2. The van der Waals surface area contributed by atoms with Crippen LogP contribution in [-0.4, -0.2) is 20.6 Å². The molecular formula is C12H10N2O4S. The Labute approximate surface area is 112 Å². The summed E-state index contributed by atoms with van der Waals surface area (Å²) in [6.45, 7) is 1.84. The van der Waals surface area contributed by atoms with Crippen LogP contribution < -0.4 is 11.2 Å². The van der Waals surface area contributed by atoms with Crippen LogP contribution in [0.3, 0.4) is 0 Å². The molecule has 1 aromatic carbocycles. The van der Waals surface area contributed by atoms with E-state index in [0.717, 1.165) is 16.3 Å². The highest BCUT2D eigenvalue weighted by Gasteiger charge is 2.15. The number of benzene rings is 1. The van der Waals surface area contributed by atoms with Crippen molar-refractivity contribution in [2.24, 2.45) is 0 Å². The Bertz CT molecular complexity index is 776. The van der Waals surface area contributed by atoms with Gasteiger partial charge in [-0.15, -0.1) is 12.6 Å². The van der Waals surface area contributed by atoms with Crippen LogP contribution in [0.5, 0.6) is 0 Å². The second-order valence-electron chi connectivity index (χ2n) is 3.95. The molecule has 0 saturated heterocycles. The molecule has 0 aliphatic carbocycles. The number of carbonyl (C=O) groups is 1. The van der Waals surface area contributed by atoms with E-state index in [1.54, 1.807) is 18.2 Å².